The van der Waals surface area contributed by atoms with E-state index < -0.39 is 5.91 Å². The second kappa shape index (κ2) is 6.23. The fourth-order valence-corrected chi connectivity index (χ4v) is 3.79. The van der Waals surface area contributed by atoms with E-state index in [1.807, 2.05) is 18.2 Å². The number of carbonyl (C=O) groups excluding carboxylic acids is 1. The minimum atomic E-state index is -0.503. The maximum Gasteiger partial charge on any atom is 0.290 e. The number of nitrogen functional groups attached to an aromatic ring is 1. The molecule has 1 amide bonds. The molecular weight excluding hydrogens is 356 g/mol. The monoisotopic (exact) mass is 366 g/mol. The Labute approximate surface area is 144 Å². The van der Waals surface area contributed by atoms with Gasteiger partial charge in [-0.1, -0.05) is 35.5 Å². The highest BCUT2D eigenvalue weighted by Gasteiger charge is 2.14. The number of fused-ring (bicyclic) bond motifs is 1. The van der Waals surface area contributed by atoms with Crippen LogP contribution < -0.4 is 17.1 Å². The molecule has 9 heteroatoms. The number of aromatic nitrogens is 2. The number of nitrogens with zero attached hydrogens (tertiary/aromatic N) is 2. The van der Waals surface area contributed by atoms with Crippen molar-refractivity contribution in [1.82, 2.24) is 9.66 Å². The van der Waals surface area contributed by atoms with E-state index in [-0.39, 0.29) is 16.5 Å². The lowest BCUT2D eigenvalue weighted by Gasteiger charge is -2.04. The lowest BCUT2D eigenvalue weighted by molar-refractivity contribution is -0.115. The highest BCUT2D eigenvalue weighted by Crippen LogP contribution is 2.32. The molecule has 23 heavy (non-hydrogen) atoms. The molecule has 4 N–H and O–H groups in total. The number of halogens is 1. The van der Waals surface area contributed by atoms with Crippen LogP contribution in [0.5, 0.6) is 0 Å². The van der Waals surface area contributed by atoms with E-state index in [0.29, 0.717) is 15.2 Å². The van der Waals surface area contributed by atoms with Crippen molar-refractivity contribution < 1.29 is 4.79 Å². The summed E-state index contributed by atoms with van der Waals surface area (Å²) < 4.78 is 1.40. The Morgan fingerprint density at radius 1 is 1.35 bits per heavy atom. The first-order chi connectivity index (χ1) is 11.0. The summed E-state index contributed by atoms with van der Waals surface area (Å²) in [5.41, 5.74) is 6.23. The predicted molar refractivity (Wildman–Crippen MR) is 94.4 cm³/mol. The topological polar surface area (TPSA) is 104 Å². The zero-order valence-corrected chi connectivity index (χ0v) is 14.0. The van der Waals surface area contributed by atoms with Crippen molar-refractivity contribution in [2.24, 2.45) is 5.73 Å². The number of benzene rings is 1. The molecule has 0 saturated carbocycles. The molecule has 0 fully saturated rings. The van der Waals surface area contributed by atoms with Crippen LogP contribution in [-0.2, 0) is 4.79 Å². The number of amides is 1. The summed E-state index contributed by atoms with van der Waals surface area (Å²) in [6.45, 7) is 0. The summed E-state index contributed by atoms with van der Waals surface area (Å²) in [5, 5.41) is 0.893. The van der Waals surface area contributed by atoms with Gasteiger partial charge < -0.3 is 11.6 Å². The first-order valence-corrected chi connectivity index (χ1v) is 8.62. The number of thiophene rings is 1. The SMILES string of the molecule is NC(=O)CSc1nc2cc(-c3ccc(Cl)cc3)sc2c(=O)n1N. The van der Waals surface area contributed by atoms with Gasteiger partial charge in [-0.25, -0.2) is 9.66 Å². The summed E-state index contributed by atoms with van der Waals surface area (Å²) in [7, 11) is 0. The highest BCUT2D eigenvalue weighted by atomic mass is 35.5. The van der Waals surface area contributed by atoms with Crippen molar-refractivity contribution in [3.05, 3.63) is 45.7 Å². The number of rotatable bonds is 4. The van der Waals surface area contributed by atoms with E-state index in [4.69, 9.17) is 23.2 Å². The molecular formula is C14H11ClN4O2S2. The molecule has 0 atom stereocenters. The van der Waals surface area contributed by atoms with Crippen molar-refractivity contribution in [2.45, 2.75) is 5.16 Å². The zero-order chi connectivity index (χ0) is 16.6. The molecule has 0 aliphatic rings. The van der Waals surface area contributed by atoms with Crippen LogP contribution in [0.2, 0.25) is 5.02 Å². The highest BCUT2D eigenvalue weighted by molar-refractivity contribution is 7.99. The van der Waals surface area contributed by atoms with Crippen molar-refractivity contribution >= 4 is 50.8 Å². The van der Waals surface area contributed by atoms with Crippen molar-refractivity contribution in [2.75, 3.05) is 11.6 Å². The van der Waals surface area contributed by atoms with Gasteiger partial charge in [-0.3, -0.25) is 9.59 Å². The average molecular weight is 367 g/mol. The smallest absolute Gasteiger partial charge is 0.290 e. The molecule has 2 heterocycles. The third kappa shape index (κ3) is 3.19. The molecule has 3 aromatic rings. The van der Waals surface area contributed by atoms with Crippen molar-refractivity contribution in [3.63, 3.8) is 0 Å². The van der Waals surface area contributed by atoms with Gasteiger partial charge in [0.1, 0.15) is 4.70 Å². The predicted octanol–water partition coefficient (Wildman–Crippen LogP) is 2.07. The maximum absolute atomic E-state index is 12.4. The van der Waals surface area contributed by atoms with Crippen LogP contribution in [0.3, 0.4) is 0 Å². The number of carbonyl (C=O) groups is 1. The van der Waals surface area contributed by atoms with Crippen molar-refractivity contribution in [1.29, 1.82) is 0 Å². The molecule has 0 spiro atoms. The van der Waals surface area contributed by atoms with Gasteiger partial charge in [0.05, 0.1) is 11.3 Å². The molecule has 3 rings (SSSR count). The van der Waals surface area contributed by atoms with Crippen LogP contribution in [0.4, 0.5) is 0 Å². The summed E-state index contributed by atoms with van der Waals surface area (Å²) >= 11 is 8.23. The fraction of sp³-hybridized carbons (Fsp3) is 0.0714. The minimum absolute atomic E-state index is 0.00330. The van der Waals surface area contributed by atoms with Crippen LogP contribution in [0.25, 0.3) is 20.7 Å². The first kappa shape index (κ1) is 15.9. The molecule has 1 aromatic carbocycles. The number of hydrogen-bond donors (Lipinski definition) is 2. The van der Waals surface area contributed by atoms with Crippen LogP contribution in [0.1, 0.15) is 0 Å². The van der Waals surface area contributed by atoms with Gasteiger partial charge in [0.2, 0.25) is 5.91 Å². The van der Waals surface area contributed by atoms with Crippen LogP contribution in [0.15, 0.2) is 40.3 Å². The first-order valence-electron chi connectivity index (χ1n) is 6.44. The molecule has 2 aromatic heterocycles. The average Bonchev–Trinajstić information content (AvgIpc) is 2.94. The Bertz CT molecular complexity index is 950. The number of thioether (sulfide) groups is 1. The second-order valence-electron chi connectivity index (χ2n) is 4.66. The Morgan fingerprint density at radius 2 is 2.04 bits per heavy atom. The molecule has 118 valence electrons. The largest absolute Gasteiger partial charge is 0.369 e. The summed E-state index contributed by atoms with van der Waals surface area (Å²) in [5.74, 6) is 5.26. The Kier molecular flexibility index (Phi) is 4.29. The summed E-state index contributed by atoms with van der Waals surface area (Å²) in [6, 6.07) is 9.13. The van der Waals surface area contributed by atoms with Gasteiger partial charge in [-0.15, -0.1) is 11.3 Å². The molecule has 0 radical (unpaired) electrons. The normalized spacial score (nSPS) is 11.0. The third-order valence-electron chi connectivity index (χ3n) is 3.02. The van der Waals surface area contributed by atoms with Crippen LogP contribution in [-0.4, -0.2) is 21.3 Å². The molecule has 0 aliphatic carbocycles. The molecule has 0 saturated heterocycles. The number of nitrogens with two attached hydrogens (primary N) is 2. The van der Waals surface area contributed by atoms with E-state index in [0.717, 1.165) is 26.9 Å². The number of hydrogen-bond acceptors (Lipinski definition) is 6. The minimum Gasteiger partial charge on any atom is -0.369 e. The van der Waals surface area contributed by atoms with E-state index in [2.05, 4.69) is 4.98 Å². The van der Waals surface area contributed by atoms with Gasteiger partial charge in [0.25, 0.3) is 5.56 Å². The van der Waals surface area contributed by atoms with E-state index >= 15 is 0 Å². The van der Waals surface area contributed by atoms with Gasteiger partial charge in [0.15, 0.2) is 5.16 Å². The molecule has 0 unspecified atom stereocenters. The summed E-state index contributed by atoms with van der Waals surface area (Å²) in [6.07, 6.45) is 0. The quantitative estimate of drug-likeness (QED) is 0.418. The fourth-order valence-electron chi connectivity index (χ4n) is 1.96. The third-order valence-corrected chi connectivity index (χ3v) is 5.41. The second-order valence-corrected chi connectivity index (χ2v) is 7.09. The Morgan fingerprint density at radius 3 is 2.70 bits per heavy atom. The van der Waals surface area contributed by atoms with Gasteiger partial charge in [-0.05, 0) is 23.8 Å². The number of primary amides is 1. The molecule has 6 nitrogen and oxygen atoms in total. The lowest BCUT2D eigenvalue weighted by atomic mass is 10.2. The lowest BCUT2D eigenvalue weighted by Crippen LogP contribution is -2.29. The molecule has 0 bridgehead atoms. The Balaban J connectivity index is 2.08. The van der Waals surface area contributed by atoms with Gasteiger partial charge in [-0.2, -0.15) is 0 Å². The standard InChI is InChI=1S/C14H11ClN4O2S2/c15-8-3-1-7(2-4-8)10-5-9-12(23-10)13(21)19(17)14(18-9)22-6-11(16)20/h1-5H,6,17H2,(H2,16,20). The van der Waals surface area contributed by atoms with E-state index in [1.165, 1.54) is 11.3 Å². The zero-order valence-electron chi connectivity index (χ0n) is 11.7. The Hall–Kier alpha value is -2.03. The van der Waals surface area contributed by atoms with Gasteiger partial charge >= 0.3 is 0 Å². The van der Waals surface area contributed by atoms with Crippen LogP contribution in [0, 0.1) is 0 Å². The van der Waals surface area contributed by atoms with Gasteiger partial charge in [0, 0.05) is 9.90 Å². The maximum atomic E-state index is 12.4. The van der Waals surface area contributed by atoms with Crippen molar-refractivity contribution in [3.8, 4) is 10.4 Å². The summed E-state index contributed by atoms with van der Waals surface area (Å²) in [4.78, 5) is 28.5. The molecule has 0 aliphatic heterocycles. The van der Waals surface area contributed by atoms with E-state index in [9.17, 15) is 9.59 Å². The van der Waals surface area contributed by atoms with Crippen LogP contribution >= 0.6 is 34.7 Å². The van der Waals surface area contributed by atoms with E-state index in [1.54, 1.807) is 12.1 Å².